The van der Waals surface area contributed by atoms with Gasteiger partial charge in [0.05, 0.1) is 22.2 Å². The summed E-state index contributed by atoms with van der Waals surface area (Å²) >= 11 is 0. The van der Waals surface area contributed by atoms with Crippen LogP contribution < -0.4 is 15.1 Å². The molecule has 0 amide bonds. The predicted molar refractivity (Wildman–Crippen MR) is 118 cm³/mol. The SMILES string of the molecule is CC(C)[C@@H]1COC(c2ccccc2OP(=O)(c2ccccc2)c2ccccc2)=N1. The molecule has 0 spiro atoms. The Kier molecular flexibility index (Phi) is 5.55. The van der Waals surface area contributed by atoms with Gasteiger partial charge in [-0.05, 0) is 42.3 Å². The molecule has 1 aliphatic rings. The van der Waals surface area contributed by atoms with Gasteiger partial charge in [0.15, 0.2) is 0 Å². The van der Waals surface area contributed by atoms with Gasteiger partial charge in [0.1, 0.15) is 12.4 Å². The van der Waals surface area contributed by atoms with Crippen LogP contribution in [0, 0.1) is 5.92 Å². The van der Waals surface area contributed by atoms with Crippen LogP contribution in [0.5, 0.6) is 5.75 Å². The molecule has 0 saturated carbocycles. The molecule has 0 bridgehead atoms. The molecule has 0 saturated heterocycles. The first kappa shape index (κ1) is 19.5. The van der Waals surface area contributed by atoms with Crippen molar-refractivity contribution >= 4 is 23.9 Å². The Morgan fingerprint density at radius 2 is 1.45 bits per heavy atom. The van der Waals surface area contributed by atoms with E-state index in [1.165, 1.54) is 0 Å². The lowest BCUT2D eigenvalue weighted by atomic mass is 10.1. The van der Waals surface area contributed by atoms with Gasteiger partial charge in [-0.3, -0.25) is 4.57 Å². The summed E-state index contributed by atoms with van der Waals surface area (Å²) in [6, 6.07) is 26.3. The maximum absolute atomic E-state index is 14.2. The second-order valence-electron chi connectivity index (χ2n) is 7.37. The average Bonchev–Trinajstić information content (AvgIpc) is 3.26. The van der Waals surface area contributed by atoms with Gasteiger partial charge < -0.3 is 9.26 Å². The maximum atomic E-state index is 14.2. The highest BCUT2D eigenvalue weighted by Gasteiger charge is 2.32. The molecule has 5 heteroatoms. The molecule has 0 N–H and O–H groups in total. The Balaban J connectivity index is 1.77. The lowest BCUT2D eigenvalue weighted by Gasteiger charge is -2.22. The third-order valence-electron chi connectivity index (χ3n) is 4.98. The van der Waals surface area contributed by atoms with Gasteiger partial charge in [0.2, 0.25) is 5.90 Å². The average molecular weight is 405 g/mol. The molecule has 0 fully saturated rings. The third-order valence-corrected chi connectivity index (χ3v) is 7.39. The minimum Gasteiger partial charge on any atom is -0.475 e. The number of aliphatic imine (C=N–C) groups is 1. The Hall–Kier alpha value is -2.84. The van der Waals surface area contributed by atoms with Crippen molar-refractivity contribution in [1.29, 1.82) is 0 Å². The summed E-state index contributed by atoms with van der Waals surface area (Å²) in [6.45, 7) is 4.81. The second kappa shape index (κ2) is 8.26. The third kappa shape index (κ3) is 3.99. The van der Waals surface area contributed by atoms with E-state index in [0.717, 1.165) is 5.56 Å². The maximum Gasteiger partial charge on any atom is 0.306 e. The molecule has 1 heterocycles. The molecule has 0 aliphatic carbocycles. The highest BCUT2D eigenvalue weighted by molar-refractivity contribution is 7.74. The van der Waals surface area contributed by atoms with Crippen LogP contribution >= 0.6 is 7.37 Å². The van der Waals surface area contributed by atoms with Gasteiger partial charge in [0, 0.05) is 0 Å². The predicted octanol–water partition coefficient (Wildman–Crippen LogP) is 4.80. The Bertz CT molecular complexity index is 1000. The van der Waals surface area contributed by atoms with Crippen molar-refractivity contribution in [1.82, 2.24) is 0 Å². The summed E-state index contributed by atoms with van der Waals surface area (Å²) in [5.74, 6) is 1.44. The zero-order valence-corrected chi connectivity index (χ0v) is 17.5. The molecule has 148 valence electrons. The first-order valence-electron chi connectivity index (χ1n) is 9.79. The largest absolute Gasteiger partial charge is 0.475 e. The summed E-state index contributed by atoms with van der Waals surface area (Å²) < 4.78 is 26.4. The lowest BCUT2D eigenvalue weighted by molar-refractivity contribution is 0.291. The van der Waals surface area contributed by atoms with Crippen molar-refractivity contribution in [3.63, 3.8) is 0 Å². The molecule has 0 unspecified atom stereocenters. The Morgan fingerprint density at radius 1 is 0.897 bits per heavy atom. The molecule has 3 aromatic carbocycles. The van der Waals surface area contributed by atoms with Gasteiger partial charge >= 0.3 is 7.37 Å². The van der Waals surface area contributed by atoms with Crippen molar-refractivity contribution in [2.75, 3.05) is 6.61 Å². The van der Waals surface area contributed by atoms with Gasteiger partial charge in [-0.1, -0.05) is 62.4 Å². The van der Waals surface area contributed by atoms with E-state index in [9.17, 15) is 4.57 Å². The molecule has 4 nitrogen and oxygen atoms in total. The minimum absolute atomic E-state index is 0.119. The highest BCUT2D eigenvalue weighted by Crippen LogP contribution is 2.46. The summed E-state index contributed by atoms with van der Waals surface area (Å²) in [5, 5.41) is 1.30. The fraction of sp³-hybridized carbons (Fsp3) is 0.208. The number of benzene rings is 3. The monoisotopic (exact) mass is 405 g/mol. The van der Waals surface area contributed by atoms with Crippen LogP contribution in [-0.2, 0) is 9.30 Å². The molecular formula is C24H24NO3P. The Labute approximate surface area is 171 Å². The number of nitrogens with zero attached hydrogens (tertiary/aromatic N) is 1. The normalized spacial score (nSPS) is 16.4. The summed E-state index contributed by atoms with van der Waals surface area (Å²) in [4.78, 5) is 4.72. The van der Waals surface area contributed by atoms with Crippen molar-refractivity contribution in [2.45, 2.75) is 19.9 Å². The van der Waals surface area contributed by atoms with E-state index in [0.29, 0.717) is 34.8 Å². The molecule has 0 aromatic heterocycles. The molecule has 29 heavy (non-hydrogen) atoms. The molecule has 0 radical (unpaired) electrons. The number of hydrogen-bond donors (Lipinski definition) is 0. The van der Waals surface area contributed by atoms with Crippen LogP contribution in [0.25, 0.3) is 0 Å². The first-order chi connectivity index (χ1) is 14.1. The van der Waals surface area contributed by atoms with E-state index >= 15 is 0 Å². The number of hydrogen-bond acceptors (Lipinski definition) is 4. The van der Waals surface area contributed by atoms with Crippen LogP contribution in [0.4, 0.5) is 0 Å². The van der Waals surface area contributed by atoms with Crippen molar-refractivity contribution < 1.29 is 13.8 Å². The van der Waals surface area contributed by atoms with Crippen LogP contribution in [0.2, 0.25) is 0 Å². The summed E-state index contributed by atoms with van der Waals surface area (Å²) in [5.41, 5.74) is 0.725. The number of ether oxygens (including phenoxy) is 1. The van der Waals surface area contributed by atoms with E-state index in [2.05, 4.69) is 13.8 Å². The Morgan fingerprint density at radius 3 is 2.00 bits per heavy atom. The number of para-hydroxylation sites is 1. The van der Waals surface area contributed by atoms with Crippen LogP contribution in [0.15, 0.2) is 89.9 Å². The van der Waals surface area contributed by atoms with Crippen LogP contribution in [0.3, 0.4) is 0 Å². The van der Waals surface area contributed by atoms with Gasteiger partial charge in [0.25, 0.3) is 0 Å². The van der Waals surface area contributed by atoms with Gasteiger partial charge in [-0.2, -0.15) is 0 Å². The van der Waals surface area contributed by atoms with E-state index < -0.39 is 7.37 Å². The minimum atomic E-state index is -3.36. The smallest absolute Gasteiger partial charge is 0.306 e. The van der Waals surface area contributed by atoms with Gasteiger partial charge in [-0.15, -0.1) is 0 Å². The second-order valence-corrected chi connectivity index (χ2v) is 9.68. The van der Waals surface area contributed by atoms with E-state index in [1.54, 1.807) is 0 Å². The van der Waals surface area contributed by atoms with E-state index in [1.807, 2.05) is 84.9 Å². The molecule has 4 rings (SSSR count). The summed E-state index contributed by atoms with van der Waals surface area (Å²) in [7, 11) is -3.36. The molecule has 3 aromatic rings. The molecule has 1 aliphatic heterocycles. The fourth-order valence-electron chi connectivity index (χ4n) is 3.24. The van der Waals surface area contributed by atoms with Gasteiger partial charge in [-0.25, -0.2) is 4.99 Å². The highest BCUT2D eigenvalue weighted by atomic mass is 31.2. The van der Waals surface area contributed by atoms with Crippen LogP contribution in [-0.4, -0.2) is 18.5 Å². The quantitative estimate of drug-likeness (QED) is 0.554. The van der Waals surface area contributed by atoms with Crippen molar-refractivity contribution in [3.05, 3.63) is 90.5 Å². The van der Waals surface area contributed by atoms with E-state index in [4.69, 9.17) is 14.3 Å². The molecule has 1 atom stereocenters. The number of rotatable bonds is 6. The zero-order chi connectivity index (χ0) is 20.3. The zero-order valence-electron chi connectivity index (χ0n) is 16.6. The molecular weight excluding hydrogens is 381 g/mol. The standard InChI is InChI=1S/C24H24NO3P/c1-18(2)22-17-27-24(25-22)21-15-9-10-16-23(21)28-29(26,19-11-5-3-6-12-19)20-13-7-4-8-14-20/h3-16,18,22H,17H2,1-2H3/t22-/m0/s1. The lowest BCUT2D eigenvalue weighted by Crippen LogP contribution is -2.20. The van der Waals surface area contributed by atoms with Crippen LogP contribution in [0.1, 0.15) is 19.4 Å². The van der Waals surface area contributed by atoms with E-state index in [-0.39, 0.29) is 6.04 Å². The van der Waals surface area contributed by atoms with Crippen molar-refractivity contribution in [2.24, 2.45) is 10.9 Å². The van der Waals surface area contributed by atoms with Crippen molar-refractivity contribution in [3.8, 4) is 5.75 Å². The fourth-order valence-corrected chi connectivity index (χ4v) is 5.32. The summed E-state index contributed by atoms with van der Waals surface area (Å²) in [6.07, 6.45) is 0. The topological polar surface area (TPSA) is 47.9 Å². The first-order valence-corrected chi connectivity index (χ1v) is 11.4.